The molecule has 0 spiro atoms. The lowest BCUT2D eigenvalue weighted by molar-refractivity contribution is 0.177. The van der Waals surface area contributed by atoms with Gasteiger partial charge < -0.3 is 10.2 Å². The van der Waals surface area contributed by atoms with Crippen molar-refractivity contribution in [2.45, 2.75) is 6.54 Å². The predicted octanol–water partition coefficient (Wildman–Crippen LogP) is 4.13. The van der Waals surface area contributed by atoms with Crippen LogP contribution in [0.3, 0.4) is 0 Å². The quantitative estimate of drug-likeness (QED) is 0.805. The van der Waals surface area contributed by atoms with E-state index in [0.29, 0.717) is 5.11 Å². The standard InChI is InChI=1S/C18H18ClF2N3S/c19-14-3-1-2-13(10-14)12-23-6-8-24(9-7-23)18(25)22-17-5-4-15(20)11-16(17)21/h1-5,10-11H,6-9,12H2,(H,22,25). The van der Waals surface area contributed by atoms with Gasteiger partial charge in [-0.1, -0.05) is 23.7 Å². The van der Waals surface area contributed by atoms with E-state index in [1.54, 1.807) is 0 Å². The normalized spacial score (nSPS) is 15.2. The largest absolute Gasteiger partial charge is 0.346 e. The van der Waals surface area contributed by atoms with Crippen LogP contribution in [0.25, 0.3) is 0 Å². The van der Waals surface area contributed by atoms with E-state index in [2.05, 4.69) is 16.3 Å². The molecule has 0 atom stereocenters. The highest BCUT2D eigenvalue weighted by atomic mass is 35.5. The molecule has 0 saturated carbocycles. The number of nitrogens with one attached hydrogen (secondary N) is 1. The van der Waals surface area contributed by atoms with Crippen molar-refractivity contribution in [3.05, 3.63) is 64.7 Å². The highest BCUT2D eigenvalue weighted by molar-refractivity contribution is 7.80. The Morgan fingerprint density at radius 1 is 1.08 bits per heavy atom. The number of benzene rings is 2. The van der Waals surface area contributed by atoms with E-state index in [1.807, 2.05) is 23.1 Å². The van der Waals surface area contributed by atoms with Crippen molar-refractivity contribution in [1.29, 1.82) is 0 Å². The van der Waals surface area contributed by atoms with Crippen molar-refractivity contribution in [1.82, 2.24) is 9.80 Å². The maximum absolute atomic E-state index is 13.7. The van der Waals surface area contributed by atoms with Gasteiger partial charge in [0.1, 0.15) is 11.6 Å². The van der Waals surface area contributed by atoms with Crippen LogP contribution in [0.1, 0.15) is 5.56 Å². The summed E-state index contributed by atoms with van der Waals surface area (Å²) < 4.78 is 26.7. The Morgan fingerprint density at radius 2 is 1.84 bits per heavy atom. The van der Waals surface area contributed by atoms with Gasteiger partial charge in [0, 0.05) is 43.8 Å². The smallest absolute Gasteiger partial charge is 0.173 e. The van der Waals surface area contributed by atoms with E-state index in [1.165, 1.54) is 17.7 Å². The summed E-state index contributed by atoms with van der Waals surface area (Å²) >= 11 is 11.4. The van der Waals surface area contributed by atoms with Gasteiger partial charge in [0.05, 0.1) is 5.69 Å². The molecule has 1 saturated heterocycles. The van der Waals surface area contributed by atoms with Gasteiger partial charge in [-0.25, -0.2) is 8.78 Å². The SMILES string of the molecule is Fc1ccc(NC(=S)N2CCN(Cc3cccc(Cl)c3)CC2)c(F)c1. The zero-order valence-electron chi connectivity index (χ0n) is 13.5. The van der Waals surface area contributed by atoms with Gasteiger partial charge in [-0.3, -0.25) is 4.90 Å². The topological polar surface area (TPSA) is 18.5 Å². The summed E-state index contributed by atoms with van der Waals surface area (Å²) in [5.41, 5.74) is 1.36. The Bertz CT molecular complexity index is 764. The molecule has 132 valence electrons. The minimum absolute atomic E-state index is 0.188. The highest BCUT2D eigenvalue weighted by Crippen LogP contribution is 2.17. The number of nitrogens with zero attached hydrogens (tertiary/aromatic N) is 2. The molecule has 1 fully saturated rings. The first kappa shape index (κ1) is 18.0. The molecule has 1 aliphatic heterocycles. The lowest BCUT2D eigenvalue weighted by Crippen LogP contribution is -2.49. The van der Waals surface area contributed by atoms with Crippen molar-refractivity contribution < 1.29 is 8.78 Å². The molecule has 0 bridgehead atoms. The minimum Gasteiger partial charge on any atom is -0.346 e. The molecule has 1 N–H and O–H groups in total. The van der Waals surface area contributed by atoms with Crippen molar-refractivity contribution in [2.75, 3.05) is 31.5 Å². The molecule has 0 unspecified atom stereocenters. The zero-order valence-corrected chi connectivity index (χ0v) is 15.1. The van der Waals surface area contributed by atoms with Gasteiger partial charge in [0.15, 0.2) is 5.11 Å². The van der Waals surface area contributed by atoms with Gasteiger partial charge >= 0.3 is 0 Å². The minimum atomic E-state index is -0.651. The summed E-state index contributed by atoms with van der Waals surface area (Å²) in [7, 11) is 0. The van der Waals surface area contributed by atoms with Crippen molar-refractivity contribution >= 4 is 34.6 Å². The molecule has 0 amide bonds. The van der Waals surface area contributed by atoms with Crippen LogP contribution >= 0.6 is 23.8 Å². The molecular weight excluding hydrogens is 364 g/mol. The van der Waals surface area contributed by atoms with E-state index >= 15 is 0 Å². The molecule has 0 aliphatic carbocycles. The monoisotopic (exact) mass is 381 g/mol. The van der Waals surface area contributed by atoms with Crippen LogP contribution in [-0.2, 0) is 6.54 Å². The van der Waals surface area contributed by atoms with Crippen LogP contribution in [0.4, 0.5) is 14.5 Å². The summed E-state index contributed by atoms with van der Waals surface area (Å²) in [5.74, 6) is -1.26. The van der Waals surface area contributed by atoms with E-state index in [-0.39, 0.29) is 5.69 Å². The van der Waals surface area contributed by atoms with Crippen LogP contribution in [0.5, 0.6) is 0 Å². The third kappa shape index (κ3) is 4.87. The molecule has 0 radical (unpaired) electrons. The summed E-state index contributed by atoms with van der Waals surface area (Å²) in [6, 6.07) is 11.2. The molecule has 1 heterocycles. The van der Waals surface area contributed by atoms with E-state index < -0.39 is 11.6 Å². The van der Waals surface area contributed by atoms with E-state index in [9.17, 15) is 8.78 Å². The van der Waals surface area contributed by atoms with Gasteiger partial charge in [-0.15, -0.1) is 0 Å². The average molecular weight is 382 g/mol. The number of piperazine rings is 1. The summed E-state index contributed by atoms with van der Waals surface area (Å²) in [6.07, 6.45) is 0. The van der Waals surface area contributed by atoms with Gasteiger partial charge in [-0.05, 0) is 42.0 Å². The Labute approximate surface area is 156 Å². The first-order valence-corrected chi connectivity index (χ1v) is 8.77. The third-order valence-corrected chi connectivity index (χ3v) is 4.72. The molecule has 2 aromatic carbocycles. The maximum atomic E-state index is 13.7. The van der Waals surface area contributed by atoms with Crippen LogP contribution in [0.2, 0.25) is 5.02 Å². The first-order chi connectivity index (χ1) is 12.0. The fourth-order valence-corrected chi connectivity index (χ4v) is 3.29. The second-order valence-electron chi connectivity index (χ2n) is 5.95. The molecule has 2 aromatic rings. The van der Waals surface area contributed by atoms with Crippen LogP contribution in [0, 0.1) is 11.6 Å². The highest BCUT2D eigenvalue weighted by Gasteiger charge is 2.19. The molecule has 0 aromatic heterocycles. The molecule has 7 heteroatoms. The van der Waals surface area contributed by atoms with E-state index in [4.69, 9.17) is 23.8 Å². The number of thiocarbonyl (C=S) groups is 1. The second kappa shape index (κ2) is 8.08. The molecule has 1 aliphatic rings. The zero-order chi connectivity index (χ0) is 17.8. The third-order valence-electron chi connectivity index (χ3n) is 4.13. The number of hydrogen-bond donors (Lipinski definition) is 1. The Balaban J connectivity index is 1.52. The van der Waals surface area contributed by atoms with Crippen molar-refractivity contribution in [2.24, 2.45) is 0 Å². The van der Waals surface area contributed by atoms with Crippen LogP contribution < -0.4 is 5.32 Å². The van der Waals surface area contributed by atoms with Crippen molar-refractivity contribution in [3.63, 3.8) is 0 Å². The lowest BCUT2D eigenvalue weighted by Gasteiger charge is -2.36. The fraction of sp³-hybridized carbons (Fsp3) is 0.278. The van der Waals surface area contributed by atoms with Gasteiger partial charge in [-0.2, -0.15) is 0 Å². The molecule has 3 rings (SSSR count). The molecule has 3 nitrogen and oxygen atoms in total. The summed E-state index contributed by atoms with van der Waals surface area (Å²) in [5, 5.41) is 4.05. The van der Waals surface area contributed by atoms with Crippen LogP contribution in [0.15, 0.2) is 42.5 Å². The average Bonchev–Trinajstić information content (AvgIpc) is 2.58. The number of anilines is 1. The summed E-state index contributed by atoms with van der Waals surface area (Å²) in [6.45, 7) is 4.02. The van der Waals surface area contributed by atoms with E-state index in [0.717, 1.165) is 43.8 Å². The van der Waals surface area contributed by atoms with Crippen LogP contribution in [-0.4, -0.2) is 41.1 Å². The second-order valence-corrected chi connectivity index (χ2v) is 6.77. The first-order valence-electron chi connectivity index (χ1n) is 7.99. The summed E-state index contributed by atoms with van der Waals surface area (Å²) in [4.78, 5) is 4.32. The number of hydrogen-bond acceptors (Lipinski definition) is 2. The number of rotatable bonds is 3. The Hall–Kier alpha value is -1.76. The number of halogens is 3. The maximum Gasteiger partial charge on any atom is 0.173 e. The van der Waals surface area contributed by atoms with Gasteiger partial charge in [0.25, 0.3) is 0 Å². The Kier molecular flexibility index (Phi) is 5.83. The fourth-order valence-electron chi connectivity index (χ4n) is 2.79. The lowest BCUT2D eigenvalue weighted by atomic mass is 10.2. The molecular formula is C18H18ClF2N3S. The molecule has 25 heavy (non-hydrogen) atoms. The van der Waals surface area contributed by atoms with Crippen molar-refractivity contribution in [3.8, 4) is 0 Å². The predicted molar refractivity (Wildman–Crippen MR) is 101 cm³/mol. The van der Waals surface area contributed by atoms with Gasteiger partial charge in [0.2, 0.25) is 0 Å². The Morgan fingerprint density at radius 3 is 2.52 bits per heavy atom.